The summed E-state index contributed by atoms with van der Waals surface area (Å²) < 4.78 is 5.85. The second-order valence-corrected chi connectivity index (χ2v) is 7.75. The van der Waals surface area contributed by atoms with Crippen molar-refractivity contribution in [2.75, 3.05) is 10.7 Å². The van der Waals surface area contributed by atoms with Crippen molar-refractivity contribution < 1.29 is 9.53 Å². The van der Waals surface area contributed by atoms with Gasteiger partial charge in [0, 0.05) is 10.7 Å². The highest BCUT2D eigenvalue weighted by Gasteiger charge is 2.33. The van der Waals surface area contributed by atoms with Crippen LogP contribution in [-0.4, -0.2) is 11.7 Å². The summed E-state index contributed by atoms with van der Waals surface area (Å²) >= 11 is 7.61. The lowest BCUT2D eigenvalue weighted by molar-refractivity contribution is -0.115. The molecule has 3 nitrogen and oxygen atoms in total. The van der Waals surface area contributed by atoms with E-state index in [4.69, 9.17) is 16.3 Å². The number of benzene rings is 3. The fraction of sp³-hybridized carbons (Fsp3) is 0.136. The van der Waals surface area contributed by atoms with Crippen molar-refractivity contribution in [3.63, 3.8) is 0 Å². The van der Waals surface area contributed by atoms with E-state index in [1.165, 1.54) is 0 Å². The molecule has 1 amide bonds. The number of hydrogen-bond donors (Lipinski definition) is 0. The first kappa shape index (κ1) is 18.0. The van der Waals surface area contributed by atoms with Crippen LogP contribution in [0, 0.1) is 0 Å². The summed E-state index contributed by atoms with van der Waals surface area (Å²) in [6.45, 7) is 0.535. The van der Waals surface area contributed by atoms with E-state index < -0.39 is 0 Å². The van der Waals surface area contributed by atoms with Crippen LogP contribution in [0.1, 0.15) is 16.5 Å². The molecule has 1 aliphatic rings. The topological polar surface area (TPSA) is 29.5 Å². The zero-order chi connectivity index (χ0) is 18.6. The summed E-state index contributed by atoms with van der Waals surface area (Å²) in [4.78, 5) is 14.3. The molecule has 1 fully saturated rings. The molecular formula is C22H18ClNO2S. The Morgan fingerprint density at radius 3 is 2.37 bits per heavy atom. The Morgan fingerprint density at radius 2 is 1.67 bits per heavy atom. The van der Waals surface area contributed by atoms with Gasteiger partial charge in [0.2, 0.25) is 5.91 Å². The molecule has 1 aliphatic heterocycles. The summed E-state index contributed by atoms with van der Waals surface area (Å²) in [7, 11) is 0. The van der Waals surface area contributed by atoms with Gasteiger partial charge in [-0.1, -0.05) is 54.1 Å². The molecule has 1 heterocycles. The highest BCUT2D eigenvalue weighted by atomic mass is 35.5. The minimum atomic E-state index is -0.0400. The van der Waals surface area contributed by atoms with Crippen molar-refractivity contribution in [2.45, 2.75) is 12.0 Å². The van der Waals surface area contributed by atoms with Crippen LogP contribution in [0.5, 0.6) is 5.75 Å². The number of carbonyl (C=O) groups excluding carboxylic acids is 1. The second-order valence-electron chi connectivity index (χ2n) is 6.25. The number of amides is 1. The standard InChI is InChI=1S/C22H18ClNO2S/c23-18-8-10-19(11-9-18)24-21(25)15-27-22(24)17-6-12-20(13-7-17)26-14-16-4-2-1-3-5-16/h1-13,22H,14-15H2/t22-/m0/s1. The molecule has 3 aromatic carbocycles. The molecule has 136 valence electrons. The molecule has 4 rings (SSSR count). The average molecular weight is 396 g/mol. The Morgan fingerprint density at radius 1 is 0.963 bits per heavy atom. The van der Waals surface area contributed by atoms with Crippen LogP contribution in [0.15, 0.2) is 78.9 Å². The molecule has 0 radical (unpaired) electrons. The first-order valence-electron chi connectivity index (χ1n) is 8.66. The van der Waals surface area contributed by atoms with Crippen molar-refractivity contribution in [1.82, 2.24) is 0 Å². The Labute approximate surface area is 167 Å². The normalized spacial score (nSPS) is 16.6. The molecular weight excluding hydrogens is 378 g/mol. The highest BCUT2D eigenvalue weighted by Crippen LogP contribution is 2.42. The fourth-order valence-electron chi connectivity index (χ4n) is 3.02. The second kappa shape index (κ2) is 8.07. The third-order valence-electron chi connectivity index (χ3n) is 4.39. The van der Waals surface area contributed by atoms with Crippen LogP contribution in [0.2, 0.25) is 5.02 Å². The lowest BCUT2D eigenvalue weighted by Gasteiger charge is -2.24. The number of nitrogens with zero attached hydrogens (tertiary/aromatic N) is 1. The molecule has 0 bridgehead atoms. The van der Waals surface area contributed by atoms with E-state index in [0.717, 1.165) is 22.6 Å². The predicted molar refractivity (Wildman–Crippen MR) is 111 cm³/mol. The van der Waals surface area contributed by atoms with Crippen molar-refractivity contribution in [3.05, 3.63) is 95.0 Å². The molecule has 0 unspecified atom stereocenters. The smallest absolute Gasteiger partial charge is 0.238 e. The van der Waals surface area contributed by atoms with E-state index in [9.17, 15) is 4.79 Å². The first-order chi connectivity index (χ1) is 13.2. The van der Waals surface area contributed by atoms with Crippen LogP contribution in [0.25, 0.3) is 0 Å². The van der Waals surface area contributed by atoms with Crippen molar-refractivity contribution in [3.8, 4) is 5.75 Å². The maximum absolute atomic E-state index is 12.4. The Kier molecular flexibility index (Phi) is 5.37. The Bertz CT molecular complexity index is 913. The number of rotatable bonds is 5. The zero-order valence-electron chi connectivity index (χ0n) is 14.5. The number of thioether (sulfide) groups is 1. The van der Waals surface area contributed by atoms with Gasteiger partial charge in [0.25, 0.3) is 0 Å². The van der Waals surface area contributed by atoms with Gasteiger partial charge in [-0.25, -0.2) is 0 Å². The fourth-order valence-corrected chi connectivity index (χ4v) is 4.32. The van der Waals surface area contributed by atoms with Crippen LogP contribution in [0.4, 0.5) is 5.69 Å². The van der Waals surface area contributed by atoms with Crippen molar-refractivity contribution in [1.29, 1.82) is 0 Å². The van der Waals surface area contributed by atoms with E-state index >= 15 is 0 Å². The molecule has 0 aromatic heterocycles. The molecule has 3 aromatic rings. The number of anilines is 1. The van der Waals surface area contributed by atoms with Gasteiger partial charge in [-0.15, -0.1) is 11.8 Å². The lowest BCUT2D eigenvalue weighted by Crippen LogP contribution is -2.27. The number of hydrogen-bond acceptors (Lipinski definition) is 3. The van der Waals surface area contributed by atoms with Gasteiger partial charge in [-0.2, -0.15) is 0 Å². The molecule has 0 aliphatic carbocycles. The third-order valence-corrected chi connectivity index (χ3v) is 5.85. The number of ether oxygens (including phenoxy) is 1. The summed E-state index contributed by atoms with van der Waals surface area (Å²) in [5.74, 6) is 1.39. The van der Waals surface area contributed by atoms with Gasteiger partial charge in [-0.3, -0.25) is 9.69 Å². The molecule has 1 atom stereocenters. The van der Waals surface area contributed by atoms with Crippen molar-refractivity contribution in [2.24, 2.45) is 0 Å². The van der Waals surface area contributed by atoms with Gasteiger partial charge in [-0.05, 0) is 47.5 Å². The van der Waals surface area contributed by atoms with Gasteiger partial charge in [0.1, 0.15) is 17.7 Å². The summed E-state index contributed by atoms with van der Waals surface area (Å²) in [5, 5.41) is 0.622. The predicted octanol–water partition coefficient (Wildman–Crippen LogP) is 5.70. The summed E-state index contributed by atoms with van der Waals surface area (Å²) in [6.07, 6.45) is 0. The number of carbonyl (C=O) groups is 1. The number of halogens is 1. The van der Waals surface area contributed by atoms with Crippen LogP contribution < -0.4 is 9.64 Å². The maximum Gasteiger partial charge on any atom is 0.238 e. The SMILES string of the molecule is O=C1CS[C@@H](c2ccc(OCc3ccccc3)cc2)N1c1ccc(Cl)cc1. The monoisotopic (exact) mass is 395 g/mol. The van der Waals surface area contributed by atoms with E-state index in [0.29, 0.717) is 17.4 Å². The van der Waals surface area contributed by atoms with Crippen molar-refractivity contribution >= 4 is 35.0 Å². The molecule has 0 spiro atoms. The van der Waals surface area contributed by atoms with E-state index in [1.54, 1.807) is 11.8 Å². The molecule has 0 N–H and O–H groups in total. The van der Waals surface area contributed by atoms with Gasteiger partial charge < -0.3 is 4.74 Å². The van der Waals surface area contributed by atoms with E-state index in [2.05, 4.69) is 0 Å². The van der Waals surface area contributed by atoms with Crippen LogP contribution in [0.3, 0.4) is 0 Å². The molecule has 5 heteroatoms. The van der Waals surface area contributed by atoms with Crippen LogP contribution >= 0.6 is 23.4 Å². The third kappa shape index (κ3) is 4.12. The van der Waals surface area contributed by atoms with Gasteiger partial charge in [0.15, 0.2) is 0 Å². The minimum Gasteiger partial charge on any atom is -0.489 e. The van der Waals surface area contributed by atoms with Gasteiger partial charge in [0.05, 0.1) is 5.75 Å². The quantitative estimate of drug-likeness (QED) is 0.555. The Hall–Kier alpha value is -2.43. The largest absolute Gasteiger partial charge is 0.489 e. The highest BCUT2D eigenvalue weighted by molar-refractivity contribution is 8.00. The lowest BCUT2D eigenvalue weighted by atomic mass is 10.1. The Balaban J connectivity index is 1.49. The summed E-state index contributed by atoms with van der Waals surface area (Å²) in [5.41, 5.74) is 3.07. The average Bonchev–Trinajstić information content (AvgIpc) is 3.10. The van der Waals surface area contributed by atoms with Gasteiger partial charge >= 0.3 is 0 Å². The molecule has 27 heavy (non-hydrogen) atoms. The molecule has 0 saturated carbocycles. The molecule has 1 saturated heterocycles. The van der Waals surface area contributed by atoms with E-state index in [1.807, 2.05) is 83.8 Å². The minimum absolute atomic E-state index is 0.0400. The van der Waals surface area contributed by atoms with E-state index in [-0.39, 0.29) is 11.3 Å². The maximum atomic E-state index is 12.4. The first-order valence-corrected chi connectivity index (χ1v) is 10.1. The van der Waals surface area contributed by atoms with Crippen LogP contribution in [-0.2, 0) is 11.4 Å². The zero-order valence-corrected chi connectivity index (χ0v) is 16.1. The summed E-state index contributed by atoms with van der Waals surface area (Å²) in [6, 6.07) is 25.4.